The highest BCUT2D eigenvalue weighted by Crippen LogP contribution is 2.25. The predicted octanol–water partition coefficient (Wildman–Crippen LogP) is 1.82. The molecule has 2 heteroatoms. The Hall–Kier alpha value is -0.0800. The molecule has 0 bridgehead atoms. The van der Waals surface area contributed by atoms with E-state index < -0.39 is 0 Å². The lowest BCUT2D eigenvalue weighted by atomic mass is 9.87. The van der Waals surface area contributed by atoms with Crippen molar-refractivity contribution in [2.24, 2.45) is 5.92 Å². The van der Waals surface area contributed by atoms with E-state index in [1.54, 1.807) is 7.11 Å². The molecule has 0 rings (SSSR count). The summed E-state index contributed by atoms with van der Waals surface area (Å²) in [5.74, 6) is 0.215. The number of rotatable bonds is 5. The summed E-state index contributed by atoms with van der Waals surface area (Å²) < 4.78 is 5.37. The van der Waals surface area contributed by atoms with Crippen molar-refractivity contribution in [2.45, 2.75) is 39.2 Å². The number of ether oxygens (including phenoxy) is 1. The van der Waals surface area contributed by atoms with Gasteiger partial charge in [-0.25, -0.2) is 0 Å². The van der Waals surface area contributed by atoms with Crippen molar-refractivity contribution in [1.82, 2.24) is 0 Å². The Bertz CT molecular complexity index is 104. The summed E-state index contributed by atoms with van der Waals surface area (Å²) in [6.07, 6.45) is 2.10. The monoisotopic (exact) mass is 160 g/mol. The van der Waals surface area contributed by atoms with Gasteiger partial charge in [0.25, 0.3) is 0 Å². The molecule has 11 heavy (non-hydrogen) atoms. The van der Waals surface area contributed by atoms with Gasteiger partial charge in [-0.3, -0.25) is 0 Å². The number of hydrogen-bond donors (Lipinski definition) is 1. The minimum Gasteiger partial charge on any atom is -0.396 e. The van der Waals surface area contributed by atoms with Gasteiger partial charge in [0.05, 0.1) is 5.60 Å². The highest BCUT2D eigenvalue weighted by Gasteiger charge is 2.29. The maximum atomic E-state index is 8.95. The molecule has 0 aromatic carbocycles. The Labute approximate surface area is 69.6 Å². The van der Waals surface area contributed by atoms with Crippen LogP contribution in [0.5, 0.6) is 0 Å². The van der Waals surface area contributed by atoms with Crippen molar-refractivity contribution in [1.29, 1.82) is 0 Å². The molecular formula is C9H20O2. The summed E-state index contributed by atoms with van der Waals surface area (Å²) in [5, 5.41) is 8.95. The highest BCUT2D eigenvalue weighted by atomic mass is 16.5. The van der Waals surface area contributed by atoms with Crippen LogP contribution in [0.2, 0.25) is 0 Å². The molecule has 68 valence electrons. The summed E-state index contributed by atoms with van der Waals surface area (Å²) in [6, 6.07) is 0. The molecule has 0 aliphatic heterocycles. The highest BCUT2D eigenvalue weighted by molar-refractivity contribution is 4.79. The van der Waals surface area contributed by atoms with E-state index in [1.165, 1.54) is 0 Å². The van der Waals surface area contributed by atoms with Crippen LogP contribution in [-0.4, -0.2) is 24.4 Å². The first kappa shape index (κ1) is 10.9. The van der Waals surface area contributed by atoms with E-state index in [-0.39, 0.29) is 18.1 Å². The van der Waals surface area contributed by atoms with E-state index >= 15 is 0 Å². The summed E-state index contributed by atoms with van der Waals surface area (Å²) in [7, 11) is 1.71. The van der Waals surface area contributed by atoms with Crippen LogP contribution < -0.4 is 0 Å². The van der Waals surface area contributed by atoms with Crippen molar-refractivity contribution in [2.75, 3.05) is 13.7 Å². The van der Waals surface area contributed by atoms with Gasteiger partial charge in [0, 0.05) is 19.6 Å². The van der Waals surface area contributed by atoms with Crippen LogP contribution >= 0.6 is 0 Å². The van der Waals surface area contributed by atoms with Crippen LogP contribution in [0.1, 0.15) is 33.6 Å². The maximum Gasteiger partial charge on any atom is 0.0697 e. The van der Waals surface area contributed by atoms with Crippen molar-refractivity contribution in [3.05, 3.63) is 0 Å². The molecule has 0 aliphatic rings. The predicted molar refractivity (Wildman–Crippen MR) is 46.6 cm³/mol. The van der Waals surface area contributed by atoms with E-state index in [2.05, 4.69) is 13.8 Å². The minimum atomic E-state index is -0.149. The molecule has 1 unspecified atom stereocenters. The number of methoxy groups -OCH3 is 1. The van der Waals surface area contributed by atoms with Gasteiger partial charge in [0.2, 0.25) is 0 Å². The molecule has 1 N–H and O–H groups in total. The fourth-order valence-corrected chi connectivity index (χ4v) is 1.24. The average Bonchev–Trinajstić information content (AvgIpc) is 2.03. The topological polar surface area (TPSA) is 29.5 Å². The summed E-state index contributed by atoms with van der Waals surface area (Å²) >= 11 is 0. The molecule has 0 fully saturated rings. The molecule has 2 atom stereocenters. The molecule has 0 spiro atoms. The lowest BCUT2D eigenvalue weighted by Gasteiger charge is -2.33. The Kier molecular flexibility index (Phi) is 4.69. The van der Waals surface area contributed by atoms with Crippen LogP contribution in [0.3, 0.4) is 0 Å². The van der Waals surface area contributed by atoms with Gasteiger partial charge in [0.15, 0.2) is 0 Å². The van der Waals surface area contributed by atoms with E-state index in [0.717, 1.165) is 12.8 Å². The molecule has 0 saturated heterocycles. The second-order valence-electron chi connectivity index (χ2n) is 3.35. The van der Waals surface area contributed by atoms with Crippen LogP contribution in [0, 0.1) is 5.92 Å². The Morgan fingerprint density at radius 1 is 1.55 bits per heavy atom. The van der Waals surface area contributed by atoms with Crippen LogP contribution in [0.4, 0.5) is 0 Å². The molecule has 0 amide bonds. The van der Waals surface area contributed by atoms with Gasteiger partial charge in [0.1, 0.15) is 0 Å². The zero-order valence-electron chi connectivity index (χ0n) is 8.05. The fraction of sp³-hybridized carbons (Fsp3) is 1.00. The molecule has 0 aliphatic carbocycles. The van der Waals surface area contributed by atoms with Gasteiger partial charge >= 0.3 is 0 Å². The van der Waals surface area contributed by atoms with E-state index in [1.807, 2.05) is 6.92 Å². The molecule has 0 radical (unpaired) electrons. The molecule has 2 nitrogen and oxygen atoms in total. The smallest absolute Gasteiger partial charge is 0.0697 e. The Morgan fingerprint density at radius 2 is 2.09 bits per heavy atom. The van der Waals surface area contributed by atoms with Crippen molar-refractivity contribution >= 4 is 0 Å². The third kappa shape index (κ3) is 2.80. The summed E-state index contributed by atoms with van der Waals surface area (Å²) in [6.45, 7) is 6.39. The quantitative estimate of drug-likeness (QED) is 0.664. The molecular weight excluding hydrogens is 140 g/mol. The van der Waals surface area contributed by atoms with Crippen molar-refractivity contribution < 1.29 is 9.84 Å². The molecule has 0 heterocycles. The first-order valence-electron chi connectivity index (χ1n) is 4.26. The Morgan fingerprint density at radius 3 is 2.36 bits per heavy atom. The molecule has 0 saturated carbocycles. The van der Waals surface area contributed by atoms with E-state index in [0.29, 0.717) is 0 Å². The van der Waals surface area contributed by atoms with E-state index in [4.69, 9.17) is 9.84 Å². The second-order valence-corrected chi connectivity index (χ2v) is 3.35. The normalized spacial score (nSPS) is 19.4. The second kappa shape index (κ2) is 4.73. The third-order valence-corrected chi connectivity index (χ3v) is 2.53. The van der Waals surface area contributed by atoms with Gasteiger partial charge in [-0.2, -0.15) is 0 Å². The van der Waals surface area contributed by atoms with Crippen LogP contribution in [0.15, 0.2) is 0 Å². The minimum absolute atomic E-state index is 0.149. The molecule has 0 aromatic rings. The first-order valence-corrected chi connectivity index (χ1v) is 4.26. The lowest BCUT2D eigenvalue weighted by molar-refractivity contribution is -0.0598. The van der Waals surface area contributed by atoms with Crippen molar-refractivity contribution in [3.8, 4) is 0 Å². The molecule has 0 aromatic heterocycles. The van der Waals surface area contributed by atoms with Crippen LogP contribution in [-0.2, 0) is 4.74 Å². The average molecular weight is 160 g/mol. The number of aliphatic hydroxyl groups is 1. The van der Waals surface area contributed by atoms with E-state index in [9.17, 15) is 0 Å². The number of aliphatic hydroxyl groups excluding tert-OH is 1. The van der Waals surface area contributed by atoms with Crippen LogP contribution in [0.25, 0.3) is 0 Å². The Balaban J connectivity index is 4.07. The van der Waals surface area contributed by atoms with Gasteiger partial charge in [-0.15, -0.1) is 0 Å². The summed E-state index contributed by atoms with van der Waals surface area (Å²) in [4.78, 5) is 0. The van der Waals surface area contributed by atoms with Gasteiger partial charge in [-0.1, -0.05) is 20.3 Å². The largest absolute Gasteiger partial charge is 0.396 e. The zero-order valence-corrected chi connectivity index (χ0v) is 8.05. The zero-order chi connectivity index (χ0) is 8.91. The fourth-order valence-electron chi connectivity index (χ4n) is 1.24. The maximum absolute atomic E-state index is 8.95. The SMILES string of the molecule is CCCC(C)(OC)[C@H](C)CO. The lowest BCUT2D eigenvalue weighted by Crippen LogP contribution is -2.37. The van der Waals surface area contributed by atoms with Gasteiger partial charge < -0.3 is 9.84 Å². The first-order chi connectivity index (χ1) is 5.10. The standard InChI is InChI=1S/C9H20O2/c1-5-6-9(3,11-4)8(2)7-10/h8,10H,5-7H2,1-4H3/t8-,9?/m1/s1. The summed E-state index contributed by atoms with van der Waals surface area (Å²) in [5.41, 5.74) is -0.149. The third-order valence-electron chi connectivity index (χ3n) is 2.53. The van der Waals surface area contributed by atoms with Crippen molar-refractivity contribution in [3.63, 3.8) is 0 Å². The number of hydrogen-bond acceptors (Lipinski definition) is 2. The van der Waals surface area contributed by atoms with Gasteiger partial charge in [-0.05, 0) is 13.3 Å².